The number of halogens is 3. The van der Waals surface area contributed by atoms with Crippen LogP contribution in [0.3, 0.4) is 0 Å². The summed E-state index contributed by atoms with van der Waals surface area (Å²) in [4.78, 5) is 0.174. The summed E-state index contributed by atoms with van der Waals surface area (Å²) in [5, 5.41) is 2.03. The summed E-state index contributed by atoms with van der Waals surface area (Å²) in [5.74, 6) is 0. The van der Waals surface area contributed by atoms with E-state index in [0.29, 0.717) is 19.8 Å². The fourth-order valence-corrected chi connectivity index (χ4v) is 2.62. The van der Waals surface area contributed by atoms with Gasteiger partial charge >= 0.3 is 5.51 Å². The van der Waals surface area contributed by atoms with Crippen molar-refractivity contribution in [3.05, 3.63) is 29.8 Å². The smallest absolute Gasteiger partial charge is 0.379 e. The number of morpholine rings is 1. The fourth-order valence-electron chi connectivity index (χ4n) is 2.08. The van der Waals surface area contributed by atoms with Gasteiger partial charge in [-0.05, 0) is 29.5 Å². The highest BCUT2D eigenvalue weighted by atomic mass is 32.2. The predicted octanol–water partition coefficient (Wildman–Crippen LogP) is 2.14. The molecule has 0 amide bonds. The molecule has 1 saturated heterocycles. The summed E-state index contributed by atoms with van der Waals surface area (Å²) in [6.07, 6.45) is 0. The first kappa shape index (κ1) is 16.6. The lowest BCUT2D eigenvalue weighted by Crippen LogP contribution is -2.48. The molecule has 1 unspecified atom stereocenters. The van der Waals surface area contributed by atoms with Gasteiger partial charge in [0, 0.05) is 24.5 Å². The number of benzene rings is 1. The number of rotatable bonds is 5. The molecular formula is C13H18F3N3OS. The number of hydrogen-bond donors (Lipinski definition) is 2. The average Bonchev–Trinajstić information content (AvgIpc) is 2.45. The zero-order valence-electron chi connectivity index (χ0n) is 11.4. The zero-order chi connectivity index (χ0) is 15.3. The number of nitrogens with zero attached hydrogens (tertiary/aromatic N) is 1. The van der Waals surface area contributed by atoms with Gasteiger partial charge in [0.05, 0.1) is 19.3 Å². The Labute approximate surface area is 125 Å². The molecule has 0 saturated carbocycles. The molecule has 0 spiro atoms. The average molecular weight is 321 g/mol. The maximum Gasteiger partial charge on any atom is 0.446 e. The van der Waals surface area contributed by atoms with E-state index in [9.17, 15) is 13.2 Å². The van der Waals surface area contributed by atoms with Crippen molar-refractivity contribution in [1.29, 1.82) is 0 Å². The van der Waals surface area contributed by atoms with Crippen molar-refractivity contribution in [2.24, 2.45) is 5.73 Å². The van der Waals surface area contributed by atoms with E-state index in [1.54, 1.807) is 12.1 Å². The second-order valence-electron chi connectivity index (χ2n) is 4.63. The lowest BCUT2D eigenvalue weighted by molar-refractivity contribution is -0.0328. The summed E-state index contributed by atoms with van der Waals surface area (Å²) in [7, 11) is 0. The molecule has 1 fully saturated rings. The highest BCUT2D eigenvalue weighted by Gasteiger charge is 2.29. The largest absolute Gasteiger partial charge is 0.446 e. The number of thioether (sulfide) groups is 1. The summed E-state index contributed by atoms with van der Waals surface area (Å²) in [6, 6.07) is 6.18. The maximum atomic E-state index is 12.3. The van der Waals surface area contributed by atoms with Crippen LogP contribution in [0.2, 0.25) is 0 Å². The number of hydrazine groups is 1. The van der Waals surface area contributed by atoms with Gasteiger partial charge in [-0.3, -0.25) is 0 Å². The van der Waals surface area contributed by atoms with Crippen molar-refractivity contribution in [3.63, 3.8) is 0 Å². The van der Waals surface area contributed by atoms with Crippen LogP contribution < -0.4 is 11.2 Å². The van der Waals surface area contributed by atoms with Crippen molar-refractivity contribution >= 4 is 11.8 Å². The minimum Gasteiger partial charge on any atom is -0.379 e. The Morgan fingerprint density at radius 3 is 2.38 bits per heavy atom. The molecule has 0 aliphatic carbocycles. The quantitative estimate of drug-likeness (QED) is 0.814. The first-order valence-electron chi connectivity index (χ1n) is 6.62. The first-order chi connectivity index (χ1) is 9.98. The Kier molecular flexibility index (Phi) is 5.88. The van der Waals surface area contributed by atoms with Crippen molar-refractivity contribution in [2.75, 3.05) is 32.8 Å². The fraction of sp³-hybridized carbons (Fsp3) is 0.538. The van der Waals surface area contributed by atoms with Gasteiger partial charge < -0.3 is 10.5 Å². The first-order valence-corrected chi connectivity index (χ1v) is 7.44. The van der Waals surface area contributed by atoms with Gasteiger partial charge in [-0.25, -0.2) is 10.4 Å². The SMILES string of the molecule is NCC(NN1CCOCC1)c1ccc(SC(F)(F)F)cc1. The Bertz CT molecular complexity index is 435. The molecule has 118 valence electrons. The lowest BCUT2D eigenvalue weighted by atomic mass is 10.1. The molecule has 3 N–H and O–H groups in total. The summed E-state index contributed by atoms with van der Waals surface area (Å²) in [5.41, 5.74) is 5.65. The van der Waals surface area contributed by atoms with Gasteiger partial charge in [-0.1, -0.05) is 12.1 Å². The molecule has 4 nitrogen and oxygen atoms in total. The molecule has 21 heavy (non-hydrogen) atoms. The molecular weight excluding hydrogens is 303 g/mol. The van der Waals surface area contributed by atoms with Gasteiger partial charge in [-0.2, -0.15) is 13.2 Å². The molecule has 2 rings (SSSR count). The summed E-state index contributed by atoms with van der Waals surface area (Å²) >= 11 is -0.114. The van der Waals surface area contributed by atoms with E-state index in [1.807, 2.05) is 5.01 Å². The molecule has 1 aliphatic rings. The molecule has 1 heterocycles. The Morgan fingerprint density at radius 1 is 1.24 bits per heavy atom. The second-order valence-corrected chi connectivity index (χ2v) is 5.77. The minimum atomic E-state index is -4.26. The van der Waals surface area contributed by atoms with Crippen LogP contribution in [0.25, 0.3) is 0 Å². The van der Waals surface area contributed by atoms with Crippen LogP contribution in [-0.4, -0.2) is 43.4 Å². The molecule has 0 aromatic heterocycles. The van der Waals surface area contributed by atoms with E-state index in [2.05, 4.69) is 5.43 Å². The third-order valence-electron chi connectivity index (χ3n) is 3.10. The van der Waals surface area contributed by atoms with Gasteiger partial charge in [0.2, 0.25) is 0 Å². The van der Waals surface area contributed by atoms with E-state index in [-0.39, 0.29) is 22.7 Å². The number of ether oxygens (including phenoxy) is 1. The topological polar surface area (TPSA) is 50.5 Å². The van der Waals surface area contributed by atoms with E-state index >= 15 is 0 Å². The Balaban J connectivity index is 1.97. The maximum absolute atomic E-state index is 12.3. The zero-order valence-corrected chi connectivity index (χ0v) is 12.2. The molecule has 1 aromatic rings. The summed E-state index contributed by atoms with van der Waals surface area (Å²) in [6.45, 7) is 3.21. The van der Waals surface area contributed by atoms with Crippen molar-refractivity contribution in [2.45, 2.75) is 16.4 Å². The van der Waals surface area contributed by atoms with Crippen molar-refractivity contribution in [1.82, 2.24) is 10.4 Å². The van der Waals surface area contributed by atoms with E-state index < -0.39 is 5.51 Å². The van der Waals surface area contributed by atoms with Crippen LogP contribution >= 0.6 is 11.8 Å². The van der Waals surface area contributed by atoms with Crippen LogP contribution in [0.1, 0.15) is 11.6 Å². The molecule has 8 heteroatoms. The van der Waals surface area contributed by atoms with E-state index in [0.717, 1.165) is 18.7 Å². The van der Waals surface area contributed by atoms with Crippen molar-refractivity contribution in [3.8, 4) is 0 Å². The molecule has 1 aliphatic heterocycles. The number of nitrogens with two attached hydrogens (primary N) is 1. The van der Waals surface area contributed by atoms with Crippen molar-refractivity contribution < 1.29 is 17.9 Å². The number of alkyl halides is 3. The van der Waals surface area contributed by atoms with Crippen LogP contribution in [0.4, 0.5) is 13.2 Å². The van der Waals surface area contributed by atoms with E-state index in [4.69, 9.17) is 10.5 Å². The standard InChI is InChI=1S/C13H18F3N3OS/c14-13(15,16)21-11-3-1-10(2-4-11)12(9-17)18-19-5-7-20-8-6-19/h1-4,12,18H,5-9,17H2. The van der Waals surface area contributed by atoms with E-state index in [1.165, 1.54) is 12.1 Å². The number of nitrogens with one attached hydrogen (secondary N) is 1. The highest BCUT2D eigenvalue weighted by molar-refractivity contribution is 8.00. The minimum absolute atomic E-state index is 0.114. The Hall–Kier alpha value is -0.800. The highest BCUT2D eigenvalue weighted by Crippen LogP contribution is 2.36. The van der Waals surface area contributed by atoms with Crippen LogP contribution in [0.15, 0.2) is 29.2 Å². The third kappa shape index (κ3) is 5.48. The van der Waals surface area contributed by atoms with Gasteiger partial charge in [0.15, 0.2) is 0 Å². The normalized spacial score (nSPS) is 18.7. The van der Waals surface area contributed by atoms with Gasteiger partial charge in [0.1, 0.15) is 0 Å². The monoisotopic (exact) mass is 321 g/mol. The van der Waals surface area contributed by atoms with Gasteiger partial charge in [0.25, 0.3) is 0 Å². The second kappa shape index (κ2) is 7.46. The van der Waals surface area contributed by atoms with Crippen LogP contribution in [0.5, 0.6) is 0 Å². The molecule has 0 radical (unpaired) electrons. The van der Waals surface area contributed by atoms with Gasteiger partial charge in [-0.15, -0.1) is 0 Å². The lowest BCUT2D eigenvalue weighted by Gasteiger charge is -2.31. The Morgan fingerprint density at radius 2 is 1.86 bits per heavy atom. The molecule has 1 atom stereocenters. The molecule has 1 aromatic carbocycles. The number of hydrogen-bond acceptors (Lipinski definition) is 5. The molecule has 0 bridgehead atoms. The van der Waals surface area contributed by atoms with Crippen LogP contribution in [0, 0.1) is 0 Å². The summed E-state index contributed by atoms with van der Waals surface area (Å²) < 4.78 is 42.1. The third-order valence-corrected chi connectivity index (χ3v) is 3.84. The van der Waals surface area contributed by atoms with Crippen LogP contribution in [-0.2, 0) is 4.74 Å². The predicted molar refractivity (Wildman–Crippen MR) is 75.7 cm³/mol.